The molecule has 1 saturated heterocycles. The summed E-state index contributed by atoms with van der Waals surface area (Å²) in [7, 11) is 4.10. The second-order valence-corrected chi connectivity index (χ2v) is 8.06. The highest BCUT2D eigenvalue weighted by atomic mass is 19.4. The molecule has 1 atom stereocenters. The van der Waals surface area contributed by atoms with Crippen molar-refractivity contribution in [2.75, 3.05) is 45.1 Å². The van der Waals surface area contributed by atoms with Gasteiger partial charge in [0.15, 0.2) is 5.82 Å². The average Bonchev–Trinajstić information content (AvgIpc) is 3.12. The molecule has 1 unspecified atom stereocenters. The number of rotatable bonds is 5. The molecule has 0 amide bonds. The molecule has 3 aromatic rings. The largest absolute Gasteiger partial charge is 0.490 e. The molecule has 4 rings (SSSR count). The van der Waals surface area contributed by atoms with Crippen molar-refractivity contribution in [2.24, 2.45) is 7.05 Å². The number of para-hydroxylation sites is 1. The van der Waals surface area contributed by atoms with Crippen LogP contribution in [0.1, 0.15) is 11.6 Å². The Bertz CT molecular complexity index is 1100. The van der Waals surface area contributed by atoms with Crippen LogP contribution in [0.3, 0.4) is 0 Å². The van der Waals surface area contributed by atoms with Crippen molar-refractivity contribution in [3.8, 4) is 0 Å². The maximum Gasteiger partial charge on any atom is 0.490 e. The van der Waals surface area contributed by atoms with Crippen LogP contribution in [0.5, 0.6) is 0 Å². The number of hydrogen-bond acceptors (Lipinski definition) is 5. The quantitative estimate of drug-likeness (QED) is 0.541. The van der Waals surface area contributed by atoms with Gasteiger partial charge in [-0.2, -0.15) is 13.2 Å². The molecule has 0 spiro atoms. The Morgan fingerprint density at radius 1 is 1.12 bits per heavy atom. The van der Waals surface area contributed by atoms with Gasteiger partial charge in [-0.15, -0.1) is 0 Å². The number of carboxylic acids is 1. The number of carboxylic acid groups (broad SMARTS) is 1. The first kappa shape index (κ1) is 25.4. The number of imidazole rings is 1. The molecule has 0 radical (unpaired) electrons. The predicted molar refractivity (Wildman–Crippen MR) is 121 cm³/mol. The van der Waals surface area contributed by atoms with Gasteiger partial charge < -0.3 is 19.9 Å². The van der Waals surface area contributed by atoms with Gasteiger partial charge in [0, 0.05) is 45.8 Å². The lowest BCUT2D eigenvalue weighted by atomic mass is 10.0. The molecule has 7 nitrogen and oxygen atoms in total. The van der Waals surface area contributed by atoms with Crippen LogP contribution in [-0.4, -0.2) is 76.4 Å². The maximum atomic E-state index is 14.0. The van der Waals surface area contributed by atoms with Crippen molar-refractivity contribution in [3.05, 3.63) is 59.9 Å². The molecule has 0 saturated carbocycles. The van der Waals surface area contributed by atoms with Crippen LogP contribution in [0.15, 0.2) is 48.5 Å². The minimum absolute atomic E-state index is 0.278. The minimum Gasteiger partial charge on any atom is -0.475 e. The molecule has 1 fully saturated rings. The number of piperazine rings is 1. The first-order valence-electron chi connectivity index (χ1n) is 10.7. The lowest BCUT2D eigenvalue weighted by Crippen LogP contribution is -2.48. The van der Waals surface area contributed by atoms with E-state index in [1.165, 1.54) is 11.6 Å². The Balaban J connectivity index is 0.000000406. The normalized spacial score (nSPS) is 17.3. The second kappa shape index (κ2) is 10.8. The van der Waals surface area contributed by atoms with E-state index in [4.69, 9.17) is 9.90 Å². The third-order valence-corrected chi connectivity index (χ3v) is 5.67. The molecule has 1 aromatic heterocycles. The summed E-state index contributed by atoms with van der Waals surface area (Å²) in [5.74, 6) is -2.33. The van der Waals surface area contributed by atoms with E-state index in [1.807, 2.05) is 17.7 Å². The maximum absolute atomic E-state index is 14.0. The molecule has 1 aliphatic rings. The second-order valence-electron chi connectivity index (χ2n) is 8.06. The third-order valence-electron chi connectivity index (χ3n) is 5.67. The van der Waals surface area contributed by atoms with Crippen LogP contribution >= 0.6 is 0 Å². The van der Waals surface area contributed by atoms with E-state index in [2.05, 4.69) is 57.5 Å². The highest BCUT2D eigenvalue weighted by Gasteiger charge is 2.38. The van der Waals surface area contributed by atoms with E-state index in [9.17, 15) is 17.6 Å². The van der Waals surface area contributed by atoms with Crippen LogP contribution in [0.2, 0.25) is 0 Å². The van der Waals surface area contributed by atoms with E-state index in [1.54, 1.807) is 6.07 Å². The van der Waals surface area contributed by atoms with Crippen molar-refractivity contribution in [1.82, 2.24) is 19.4 Å². The third kappa shape index (κ3) is 6.23. The number of alkyl halides is 3. The number of aryl methyl sites for hydroxylation is 1. The Morgan fingerprint density at radius 3 is 2.41 bits per heavy atom. The highest BCUT2D eigenvalue weighted by Crippen LogP contribution is 2.25. The monoisotopic (exact) mass is 481 g/mol. The van der Waals surface area contributed by atoms with Crippen LogP contribution in [0.25, 0.3) is 11.0 Å². The molecular weight excluding hydrogens is 454 g/mol. The molecule has 2 aromatic carbocycles. The molecular formula is C23H27F4N5O2. The van der Waals surface area contributed by atoms with Crippen molar-refractivity contribution in [3.63, 3.8) is 0 Å². The number of benzene rings is 2. The SMILES string of the molecule is CN1CCN(CCNc2nc3c(F)cccc3n2C)C(c2ccccc2)C1.O=C(O)C(F)(F)F. The lowest BCUT2D eigenvalue weighted by Gasteiger charge is -2.40. The number of halogens is 4. The van der Waals surface area contributed by atoms with Crippen LogP contribution < -0.4 is 5.32 Å². The summed E-state index contributed by atoms with van der Waals surface area (Å²) in [5.41, 5.74) is 2.58. The molecule has 0 aliphatic carbocycles. The number of aromatic nitrogens is 2. The summed E-state index contributed by atoms with van der Waals surface area (Å²) in [6, 6.07) is 16.1. The number of fused-ring (bicyclic) bond motifs is 1. The number of aliphatic carboxylic acids is 1. The molecule has 1 aliphatic heterocycles. The predicted octanol–water partition coefficient (Wildman–Crippen LogP) is 3.75. The van der Waals surface area contributed by atoms with Gasteiger partial charge in [0.25, 0.3) is 0 Å². The number of carbonyl (C=O) groups is 1. The fourth-order valence-electron chi connectivity index (χ4n) is 3.87. The zero-order valence-electron chi connectivity index (χ0n) is 18.9. The van der Waals surface area contributed by atoms with Gasteiger partial charge in [0.2, 0.25) is 5.95 Å². The van der Waals surface area contributed by atoms with Gasteiger partial charge in [-0.1, -0.05) is 36.4 Å². The van der Waals surface area contributed by atoms with Crippen molar-refractivity contribution < 1.29 is 27.5 Å². The molecule has 184 valence electrons. The van der Waals surface area contributed by atoms with Gasteiger partial charge in [0.1, 0.15) is 5.52 Å². The lowest BCUT2D eigenvalue weighted by molar-refractivity contribution is -0.192. The Hall–Kier alpha value is -3.18. The summed E-state index contributed by atoms with van der Waals surface area (Å²) in [5, 5.41) is 10.5. The van der Waals surface area contributed by atoms with Crippen molar-refractivity contribution in [2.45, 2.75) is 12.2 Å². The van der Waals surface area contributed by atoms with E-state index in [-0.39, 0.29) is 5.82 Å². The summed E-state index contributed by atoms with van der Waals surface area (Å²) in [6.45, 7) is 4.82. The molecule has 2 heterocycles. The summed E-state index contributed by atoms with van der Waals surface area (Å²) in [4.78, 5) is 18.2. The zero-order valence-corrected chi connectivity index (χ0v) is 18.9. The standard InChI is InChI=1S/C21H26FN5.C2HF3O2/c1-25-13-14-27(19(15-25)16-7-4-3-5-8-16)12-11-23-21-24-20-17(22)9-6-10-18(20)26(21)2;3-2(4,5)1(6)7/h3-10,19H,11-15H2,1-2H3,(H,23,24);(H,6,7). The van der Waals surface area contributed by atoms with Crippen LogP contribution in [-0.2, 0) is 11.8 Å². The minimum atomic E-state index is -5.08. The smallest absolute Gasteiger partial charge is 0.475 e. The first-order chi connectivity index (χ1) is 16.1. The molecule has 0 bridgehead atoms. The summed E-state index contributed by atoms with van der Waals surface area (Å²) >= 11 is 0. The van der Waals surface area contributed by atoms with E-state index < -0.39 is 12.1 Å². The summed E-state index contributed by atoms with van der Waals surface area (Å²) in [6.07, 6.45) is -5.08. The highest BCUT2D eigenvalue weighted by molar-refractivity contribution is 5.79. The number of likely N-dealkylation sites (N-methyl/N-ethyl adjacent to an activating group) is 1. The molecule has 11 heteroatoms. The first-order valence-corrected chi connectivity index (χ1v) is 10.7. The summed E-state index contributed by atoms with van der Waals surface area (Å²) < 4.78 is 47.6. The number of hydrogen-bond donors (Lipinski definition) is 2. The van der Waals surface area contributed by atoms with Crippen molar-refractivity contribution >= 4 is 23.0 Å². The number of nitrogens with zero attached hydrogens (tertiary/aromatic N) is 4. The molecule has 34 heavy (non-hydrogen) atoms. The Labute approximate surface area is 194 Å². The number of nitrogens with one attached hydrogen (secondary N) is 1. The van der Waals surface area contributed by atoms with E-state index in [0.717, 1.165) is 38.2 Å². The van der Waals surface area contributed by atoms with Gasteiger partial charge in [-0.05, 0) is 24.7 Å². The average molecular weight is 481 g/mol. The topological polar surface area (TPSA) is 73.6 Å². The fraction of sp³-hybridized carbons (Fsp3) is 0.391. The van der Waals surface area contributed by atoms with E-state index in [0.29, 0.717) is 17.5 Å². The Morgan fingerprint density at radius 2 is 1.79 bits per heavy atom. The van der Waals surface area contributed by atoms with E-state index >= 15 is 0 Å². The van der Waals surface area contributed by atoms with Gasteiger partial charge in [0.05, 0.1) is 5.52 Å². The van der Waals surface area contributed by atoms with Crippen LogP contribution in [0, 0.1) is 5.82 Å². The van der Waals surface area contributed by atoms with Gasteiger partial charge in [-0.25, -0.2) is 14.2 Å². The zero-order chi connectivity index (χ0) is 24.9. The number of anilines is 1. The van der Waals surface area contributed by atoms with Gasteiger partial charge >= 0.3 is 12.1 Å². The fourth-order valence-corrected chi connectivity index (χ4v) is 3.87. The van der Waals surface area contributed by atoms with Crippen molar-refractivity contribution in [1.29, 1.82) is 0 Å². The van der Waals surface area contributed by atoms with Crippen LogP contribution in [0.4, 0.5) is 23.5 Å². The Kier molecular flexibility index (Phi) is 8.11. The molecule has 2 N–H and O–H groups in total. The van der Waals surface area contributed by atoms with Gasteiger partial charge in [-0.3, -0.25) is 4.90 Å².